The standard InChI is InChI=1S/C23H24Cl2N2O2/c1-14(2)19-11-26-27(23-20(24)6-5-7-21(23)25)22(19)13-29-17-8-9-18(15(3)10-17)16(4)12-28/h5-12,14,16H,13H2,1-4H3. The number of carbonyl (C=O) groups excluding carboxylic acids is 1. The summed E-state index contributed by atoms with van der Waals surface area (Å²) >= 11 is 12.8. The van der Waals surface area contributed by atoms with Crippen LogP contribution in [-0.4, -0.2) is 16.1 Å². The van der Waals surface area contributed by atoms with E-state index >= 15 is 0 Å². The van der Waals surface area contributed by atoms with E-state index in [1.807, 2.05) is 44.3 Å². The minimum absolute atomic E-state index is 0.139. The molecule has 1 heterocycles. The van der Waals surface area contributed by atoms with Crippen LogP contribution in [0.3, 0.4) is 0 Å². The number of para-hydroxylation sites is 1. The molecule has 1 atom stereocenters. The largest absolute Gasteiger partial charge is 0.487 e. The van der Waals surface area contributed by atoms with E-state index in [1.54, 1.807) is 16.8 Å². The van der Waals surface area contributed by atoms with Crippen molar-refractivity contribution < 1.29 is 9.53 Å². The van der Waals surface area contributed by atoms with Crippen LogP contribution < -0.4 is 4.74 Å². The van der Waals surface area contributed by atoms with E-state index < -0.39 is 0 Å². The molecular weight excluding hydrogens is 407 g/mol. The predicted molar refractivity (Wildman–Crippen MR) is 118 cm³/mol. The molecule has 0 bridgehead atoms. The second-order valence-electron chi connectivity index (χ2n) is 7.42. The van der Waals surface area contributed by atoms with Crippen molar-refractivity contribution in [1.29, 1.82) is 0 Å². The lowest BCUT2D eigenvalue weighted by Crippen LogP contribution is -2.09. The molecule has 0 radical (unpaired) electrons. The number of ether oxygens (including phenoxy) is 1. The number of rotatable bonds is 7. The van der Waals surface area contributed by atoms with Crippen LogP contribution in [0.4, 0.5) is 0 Å². The number of hydrogen-bond acceptors (Lipinski definition) is 3. The lowest BCUT2D eigenvalue weighted by Gasteiger charge is -2.16. The van der Waals surface area contributed by atoms with Crippen LogP contribution >= 0.6 is 23.2 Å². The Labute approximate surface area is 181 Å². The van der Waals surface area contributed by atoms with Gasteiger partial charge in [0.25, 0.3) is 0 Å². The van der Waals surface area contributed by atoms with Crippen LogP contribution in [0, 0.1) is 6.92 Å². The fourth-order valence-corrected chi connectivity index (χ4v) is 3.93. The molecule has 29 heavy (non-hydrogen) atoms. The van der Waals surface area contributed by atoms with Crippen LogP contribution in [-0.2, 0) is 11.4 Å². The molecule has 4 nitrogen and oxygen atoms in total. The Bertz CT molecular complexity index is 1010. The molecule has 0 aliphatic rings. The van der Waals surface area contributed by atoms with Gasteiger partial charge in [-0.2, -0.15) is 5.10 Å². The molecule has 0 N–H and O–H groups in total. The van der Waals surface area contributed by atoms with E-state index in [4.69, 9.17) is 27.9 Å². The molecule has 0 aliphatic heterocycles. The molecule has 3 aromatic rings. The summed E-state index contributed by atoms with van der Waals surface area (Å²) in [5, 5.41) is 5.59. The third-order valence-corrected chi connectivity index (χ3v) is 5.59. The zero-order chi connectivity index (χ0) is 21.1. The molecule has 2 aromatic carbocycles. The summed E-state index contributed by atoms with van der Waals surface area (Å²) < 4.78 is 7.86. The molecule has 1 aromatic heterocycles. The lowest BCUT2D eigenvalue weighted by molar-refractivity contribution is -0.108. The Morgan fingerprint density at radius 2 is 1.79 bits per heavy atom. The topological polar surface area (TPSA) is 44.1 Å². The van der Waals surface area contributed by atoms with Crippen LogP contribution in [0.1, 0.15) is 55.0 Å². The van der Waals surface area contributed by atoms with Gasteiger partial charge in [0.05, 0.1) is 21.9 Å². The first-order chi connectivity index (χ1) is 13.8. The number of aldehydes is 1. The molecule has 1 unspecified atom stereocenters. The van der Waals surface area contributed by atoms with E-state index in [0.717, 1.165) is 34.4 Å². The molecule has 0 saturated heterocycles. The maximum absolute atomic E-state index is 11.1. The van der Waals surface area contributed by atoms with E-state index in [1.165, 1.54) is 0 Å². The van der Waals surface area contributed by atoms with Gasteiger partial charge in [0.2, 0.25) is 0 Å². The van der Waals surface area contributed by atoms with Crippen LogP contribution in [0.15, 0.2) is 42.6 Å². The highest BCUT2D eigenvalue weighted by Gasteiger charge is 2.19. The van der Waals surface area contributed by atoms with Gasteiger partial charge in [-0.15, -0.1) is 0 Å². The monoisotopic (exact) mass is 430 g/mol. The molecule has 0 aliphatic carbocycles. The number of aryl methyl sites for hydroxylation is 1. The number of aromatic nitrogens is 2. The number of hydrogen-bond donors (Lipinski definition) is 0. The van der Waals surface area contributed by atoms with Gasteiger partial charge in [-0.3, -0.25) is 0 Å². The van der Waals surface area contributed by atoms with Crippen molar-refractivity contribution in [3.8, 4) is 11.4 Å². The predicted octanol–water partition coefficient (Wildman–Crippen LogP) is 6.49. The van der Waals surface area contributed by atoms with E-state index in [0.29, 0.717) is 22.3 Å². The second kappa shape index (κ2) is 9.02. The summed E-state index contributed by atoms with van der Waals surface area (Å²) in [6, 6.07) is 11.2. The fourth-order valence-electron chi connectivity index (χ4n) is 3.37. The van der Waals surface area contributed by atoms with Gasteiger partial charge in [-0.1, -0.05) is 56.1 Å². The molecule has 3 rings (SSSR count). The molecule has 0 saturated carbocycles. The molecule has 0 spiro atoms. The Kier molecular flexibility index (Phi) is 6.66. The molecular formula is C23H24Cl2N2O2. The fraction of sp³-hybridized carbons (Fsp3) is 0.304. The van der Waals surface area contributed by atoms with Crippen molar-refractivity contribution >= 4 is 29.5 Å². The lowest BCUT2D eigenvalue weighted by atomic mass is 9.97. The maximum Gasteiger partial charge on any atom is 0.131 e. The van der Waals surface area contributed by atoms with Crippen molar-refractivity contribution in [1.82, 2.24) is 9.78 Å². The van der Waals surface area contributed by atoms with Crippen molar-refractivity contribution in [2.75, 3.05) is 0 Å². The van der Waals surface area contributed by atoms with Crippen LogP contribution in [0.2, 0.25) is 10.0 Å². The number of nitrogens with zero attached hydrogens (tertiary/aromatic N) is 2. The summed E-state index contributed by atoms with van der Waals surface area (Å²) in [7, 11) is 0. The van der Waals surface area contributed by atoms with E-state index in [2.05, 4.69) is 18.9 Å². The van der Waals surface area contributed by atoms with E-state index in [-0.39, 0.29) is 11.8 Å². The van der Waals surface area contributed by atoms with Gasteiger partial charge in [-0.25, -0.2) is 4.68 Å². The molecule has 152 valence electrons. The Hall–Kier alpha value is -2.30. The van der Waals surface area contributed by atoms with Gasteiger partial charge in [0.15, 0.2) is 0 Å². The highest BCUT2D eigenvalue weighted by molar-refractivity contribution is 6.37. The third-order valence-electron chi connectivity index (χ3n) is 4.98. The Morgan fingerprint density at radius 1 is 1.10 bits per heavy atom. The van der Waals surface area contributed by atoms with Crippen LogP contribution in [0.25, 0.3) is 5.69 Å². The zero-order valence-corrected chi connectivity index (χ0v) is 18.5. The average Bonchev–Trinajstić information content (AvgIpc) is 3.09. The minimum atomic E-state index is -0.139. The first kappa shape index (κ1) is 21.4. The number of halogens is 2. The smallest absolute Gasteiger partial charge is 0.131 e. The number of carbonyl (C=O) groups is 1. The van der Waals surface area contributed by atoms with Crippen molar-refractivity contribution in [3.05, 3.63) is 75.0 Å². The summed E-state index contributed by atoms with van der Waals surface area (Å²) in [4.78, 5) is 11.1. The van der Waals surface area contributed by atoms with Gasteiger partial charge >= 0.3 is 0 Å². The minimum Gasteiger partial charge on any atom is -0.487 e. The Morgan fingerprint density at radius 3 is 2.38 bits per heavy atom. The first-order valence-electron chi connectivity index (χ1n) is 9.53. The quantitative estimate of drug-likeness (QED) is 0.402. The molecule has 6 heteroatoms. The third kappa shape index (κ3) is 4.49. The summed E-state index contributed by atoms with van der Waals surface area (Å²) in [6.45, 7) is 8.40. The summed E-state index contributed by atoms with van der Waals surface area (Å²) in [5.41, 5.74) is 4.64. The van der Waals surface area contributed by atoms with Gasteiger partial charge in [0.1, 0.15) is 24.3 Å². The van der Waals surface area contributed by atoms with E-state index in [9.17, 15) is 4.79 Å². The number of benzene rings is 2. The second-order valence-corrected chi connectivity index (χ2v) is 8.23. The first-order valence-corrected chi connectivity index (χ1v) is 10.3. The Balaban J connectivity index is 1.94. The van der Waals surface area contributed by atoms with Gasteiger partial charge in [0, 0.05) is 5.92 Å². The highest BCUT2D eigenvalue weighted by Crippen LogP contribution is 2.32. The average molecular weight is 431 g/mol. The van der Waals surface area contributed by atoms with Crippen molar-refractivity contribution in [2.24, 2.45) is 0 Å². The van der Waals surface area contributed by atoms with Crippen molar-refractivity contribution in [3.63, 3.8) is 0 Å². The van der Waals surface area contributed by atoms with Crippen LogP contribution in [0.5, 0.6) is 5.75 Å². The SMILES string of the molecule is Cc1cc(OCc2c(C(C)C)cnn2-c2c(Cl)cccc2Cl)ccc1C(C)C=O. The van der Waals surface area contributed by atoms with Crippen molar-refractivity contribution in [2.45, 2.75) is 46.1 Å². The van der Waals surface area contributed by atoms with Gasteiger partial charge < -0.3 is 9.53 Å². The highest BCUT2D eigenvalue weighted by atomic mass is 35.5. The summed E-state index contributed by atoms with van der Waals surface area (Å²) in [5.74, 6) is 0.860. The normalized spacial score (nSPS) is 12.2. The molecule has 0 amide bonds. The van der Waals surface area contributed by atoms with Gasteiger partial charge in [-0.05, 0) is 53.8 Å². The summed E-state index contributed by atoms with van der Waals surface area (Å²) in [6.07, 6.45) is 2.78. The molecule has 0 fully saturated rings. The zero-order valence-electron chi connectivity index (χ0n) is 16.9. The maximum atomic E-state index is 11.1.